The number of likely N-dealkylation sites (tertiary alicyclic amines) is 1. The zero-order chi connectivity index (χ0) is 8.77. The van der Waals surface area contributed by atoms with Crippen molar-refractivity contribution in [2.75, 3.05) is 18.4 Å². The van der Waals surface area contributed by atoms with E-state index in [2.05, 4.69) is 15.9 Å². The number of alkyl halides is 1. The van der Waals surface area contributed by atoms with E-state index < -0.39 is 0 Å². The minimum atomic E-state index is -0.0299. The van der Waals surface area contributed by atoms with Gasteiger partial charge in [-0.2, -0.15) is 0 Å². The Morgan fingerprint density at radius 2 is 2.50 bits per heavy atom. The molecule has 68 valence electrons. The Kier molecular flexibility index (Phi) is 1.92. The molecule has 4 heteroatoms. The number of carbonyl (C=O) groups excluding carboxylic acids is 1. The minimum Gasteiger partial charge on any atom is -0.340 e. The number of halogens is 1. The van der Waals surface area contributed by atoms with Crippen LogP contribution < -0.4 is 5.73 Å². The number of fused-ring (bicyclic) bond motifs is 1. The van der Waals surface area contributed by atoms with Gasteiger partial charge in [0.25, 0.3) is 0 Å². The topological polar surface area (TPSA) is 46.3 Å². The summed E-state index contributed by atoms with van der Waals surface area (Å²) in [6.45, 7) is 1.64. The fraction of sp³-hybridized carbons (Fsp3) is 0.875. The molecule has 0 bridgehead atoms. The van der Waals surface area contributed by atoms with Crippen molar-refractivity contribution in [2.24, 2.45) is 11.7 Å². The molecule has 2 aliphatic rings. The van der Waals surface area contributed by atoms with Crippen LogP contribution in [0.15, 0.2) is 0 Å². The number of hydrogen-bond acceptors (Lipinski definition) is 2. The third kappa shape index (κ3) is 1.09. The Morgan fingerprint density at radius 3 is 2.83 bits per heavy atom. The highest BCUT2D eigenvalue weighted by atomic mass is 79.9. The molecule has 2 unspecified atom stereocenters. The second-order valence-corrected chi connectivity index (χ2v) is 4.44. The van der Waals surface area contributed by atoms with Crippen molar-refractivity contribution in [3.05, 3.63) is 0 Å². The molecule has 2 rings (SSSR count). The second kappa shape index (κ2) is 2.70. The zero-order valence-corrected chi connectivity index (χ0v) is 8.51. The molecular weight excluding hydrogens is 220 g/mol. The Labute approximate surface area is 80.4 Å². The van der Waals surface area contributed by atoms with Crippen molar-refractivity contribution >= 4 is 21.8 Å². The van der Waals surface area contributed by atoms with E-state index >= 15 is 0 Å². The van der Waals surface area contributed by atoms with Crippen molar-refractivity contribution in [3.63, 3.8) is 0 Å². The maximum Gasteiger partial charge on any atom is 0.233 e. The maximum absolute atomic E-state index is 11.3. The van der Waals surface area contributed by atoms with Gasteiger partial charge in [0, 0.05) is 18.6 Å². The highest BCUT2D eigenvalue weighted by molar-refractivity contribution is 9.09. The van der Waals surface area contributed by atoms with Gasteiger partial charge in [-0.1, -0.05) is 15.9 Å². The SMILES string of the molecule is NC12CCC1CN(C(=O)CBr)C2. The van der Waals surface area contributed by atoms with Crippen molar-refractivity contribution in [2.45, 2.75) is 18.4 Å². The van der Waals surface area contributed by atoms with Gasteiger partial charge in [0.2, 0.25) is 5.91 Å². The van der Waals surface area contributed by atoms with Gasteiger partial charge in [0.15, 0.2) is 0 Å². The van der Waals surface area contributed by atoms with Crippen molar-refractivity contribution in [1.82, 2.24) is 4.90 Å². The van der Waals surface area contributed by atoms with Gasteiger partial charge in [0.1, 0.15) is 0 Å². The molecule has 0 radical (unpaired) electrons. The lowest BCUT2D eigenvalue weighted by molar-refractivity contribution is -0.127. The van der Waals surface area contributed by atoms with Crippen LogP contribution in [-0.4, -0.2) is 34.8 Å². The lowest BCUT2D eigenvalue weighted by Gasteiger charge is -2.39. The summed E-state index contributed by atoms with van der Waals surface area (Å²) < 4.78 is 0. The first kappa shape index (κ1) is 8.51. The van der Waals surface area contributed by atoms with E-state index in [1.54, 1.807) is 0 Å². The Bertz CT molecular complexity index is 221. The number of amides is 1. The summed E-state index contributed by atoms with van der Waals surface area (Å²) in [4.78, 5) is 13.2. The van der Waals surface area contributed by atoms with Gasteiger partial charge < -0.3 is 10.6 Å². The fourth-order valence-corrected chi connectivity index (χ4v) is 2.52. The molecule has 0 aromatic heterocycles. The van der Waals surface area contributed by atoms with E-state index in [-0.39, 0.29) is 11.4 Å². The van der Waals surface area contributed by atoms with E-state index in [4.69, 9.17) is 5.73 Å². The van der Waals surface area contributed by atoms with Crippen LogP contribution in [0.5, 0.6) is 0 Å². The monoisotopic (exact) mass is 232 g/mol. The predicted molar refractivity (Wildman–Crippen MR) is 50.0 cm³/mol. The first-order valence-corrected chi connectivity index (χ1v) is 5.40. The molecule has 1 amide bonds. The van der Waals surface area contributed by atoms with Gasteiger partial charge in [-0.3, -0.25) is 4.79 Å². The third-order valence-electron chi connectivity index (χ3n) is 3.16. The van der Waals surface area contributed by atoms with E-state index in [0.29, 0.717) is 11.2 Å². The summed E-state index contributed by atoms with van der Waals surface area (Å²) in [6.07, 6.45) is 2.28. The standard InChI is InChI=1S/C8H13BrN2O/c9-3-7(12)11-4-6-1-2-8(6,10)5-11/h6H,1-5,10H2. The summed E-state index contributed by atoms with van der Waals surface area (Å²) >= 11 is 3.17. The molecule has 12 heavy (non-hydrogen) atoms. The molecule has 1 saturated heterocycles. The van der Waals surface area contributed by atoms with Crippen molar-refractivity contribution < 1.29 is 4.79 Å². The molecule has 2 fully saturated rings. The van der Waals surface area contributed by atoms with Crippen molar-refractivity contribution in [1.29, 1.82) is 0 Å². The molecule has 0 aromatic carbocycles. The normalized spacial score (nSPS) is 39.2. The van der Waals surface area contributed by atoms with E-state index in [9.17, 15) is 4.79 Å². The van der Waals surface area contributed by atoms with E-state index in [0.717, 1.165) is 19.5 Å². The Hall–Kier alpha value is -0.0900. The summed E-state index contributed by atoms with van der Waals surface area (Å²) in [5.41, 5.74) is 6.05. The average molecular weight is 233 g/mol. The molecule has 3 nitrogen and oxygen atoms in total. The molecule has 0 aromatic rings. The average Bonchev–Trinajstić information content (AvgIpc) is 2.28. The van der Waals surface area contributed by atoms with Crippen LogP contribution in [0.25, 0.3) is 0 Å². The first-order valence-electron chi connectivity index (χ1n) is 4.28. The lowest BCUT2D eigenvalue weighted by Crippen LogP contribution is -2.54. The fourth-order valence-electron chi connectivity index (χ4n) is 2.16. The molecule has 2 N–H and O–H groups in total. The van der Waals surface area contributed by atoms with Gasteiger partial charge in [-0.05, 0) is 18.8 Å². The zero-order valence-electron chi connectivity index (χ0n) is 6.92. The highest BCUT2D eigenvalue weighted by Gasteiger charge is 2.50. The minimum absolute atomic E-state index is 0.0299. The highest BCUT2D eigenvalue weighted by Crippen LogP contribution is 2.42. The van der Waals surface area contributed by atoms with Gasteiger partial charge in [-0.15, -0.1) is 0 Å². The molecule has 0 spiro atoms. The third-order valence-corrected chi connectivity index (χ3v) is 3.64. The molecular formula is C8H13BrN2O. The summed E-state index contributed by atoms with van der Waals surface area (Å²) in [5.74, 6) is 0.745. The molecule has 1 saturated carbocycles. The number of carbonyl (C=O) groups is 1. The van der Waals surface area contributed by atoms with Gasteiger partial charge in [-0.25, -0.2) is 0 Å². The molecule has 1 aliphatic carbocycles. The summed E-state index contributed by atoms with van der Waals surface area (Å²) in [6, 6.07) is 0. The number of nitrogens with zero attached hydrogens (tertiary/aromatic N) is 1. The van der Waals surface area contributed by atoms with Gasteiger partial charge in [0.05, 0.1) is 5.33 Å². The van der Waals surface area contributed by atoms with Crippen molar-refractivity contribution in [3.8, 4) is 0 Å². The quantitative estimate of drug-likeness (QED) is 0.663. The van der Waals surface area contributed by atoms with Crippen LogP contribution in [-0.2, 0) is 4.79 Å². The molecule has 1 heterocycles. The van der Waals surface area contributed by atoms with E-state index in [1.165, 1.54) is 6.42 Å². The molecule has 2 atom stereocenters. The Morgan fingerprint density at radius 1 is 1.75 bits per heavy atom. The molecule has 1 aliphatic heterocycles. The van der Waals surface area contributed by atoms with Gasteiger partial charge >= 0.3 is 0 Å². The first-order chi connectivity index (χ1) is 5.65. The van der Waals surface area contributed by atoms with Crippen LogP contribution in [0.3, 0.4) is 0 Å². The van der Waals surface area contributed by atoms with Crippen LogP contribution in [0.1, 0.15) is 12.8 Å². The summed E-state index contributed by atoms with van der Waals surface area (Å²) in [7, 11) is 0. The van der Waals surface area contributed by atoms with E-state index in [1.807, 2.05) is 4.90 Å². The number of nitrogens with two attached hydrogens (primary N) is 1. The van der Waals surface area contributed by atoms with Crippen LogP contribution in [0.2, 0.25) is 0 Å². The van der Waals surface area contributed by atoms with Crippen LogP contribution in [0.4, 0.5) is 0 Å². The lowest BCUT2D eigenvalue weighted by atomic mass is 9.70. The smallest absolute Gasteiger partial charge is 0.233 e. The van der Waals surface area contributed by atoms with Crippen LogP contribution >= 0.6 is 15.9 Å². The largest absolute Gasteiger partial charge is 0.340 e. The Balaban J connectivity index is 2.02. The number of hydrogen-bond donors (Lipinski definition) is 1. The predicted octanol–water partition coefficient (Wildman–Crippen LogP) is 0.331. The van der Waals surface area contributed by atoms with Crippen LogP contribution in [0, 0.1) is 5.92 Å². The second-order valence-electron chi connectivity index (χ2n) is 3.88. The number of rotatable bonds is 1. The maximum atomic E-state index is 11.3. The summed E-state index contributed by atoms with van der Waals surface area (Å²) in [5, 5.41) is 0.426.